The maximum absolute atomic E-state index is 3.57. The van der Waals surface area contributed by atoms with Gasteiger partial charge in [0.05, 0.1) is 0 Å². The van der Waals surface area contributed by atoms with E-state index in [1.165, 1.54) is 24.1 Å². The summed E-state index contributed by atoms with van der Waals surface area (Å²) in [6.45, 7) is 0.972. The highest BCUT2D eigenvalue weighted by atomic mass is 15.1. The SMILES string of the molecule is CN(C)c1ccc(CNC2CC=CC2)cc1. The van der Waals surface area contributed by atoms with E-state index in [0.29, 0.717) is 6.04 Å². The molecule has 0 atom stereocenters. The maximum Gasteiger partial charge on any atom is 0.0361 e. The molecule has 0 unspecified atom stereocenters. The van der Waals surface area contributed by atoms with E-state index < -0.39 is 0 Å². The summed E-state index contributed by atoms with van der Waals surface area (Å²) in [7, 11) is 4.13. The van der Waals surface area contributed by atoms with Crippen LogP contribution in [0.3, 0.4) is 0 Å². The summed E-state index contributed by atoms with van der Waals surface area (Å²) in [5.41, 5.74) is 2.61. The highest BCUT2D eigenvalue weighted by Gasteiger charge is 2.08. The predicted molar refractivity (Wildman–Crippen MR) is 69.8 cm³/mol. The van der Waals surface area contributed by atoms with Crippen LogP contribution in [0.25, 0.3) is 0 Å². The van der Waals surface area contributed by atoms with Crippen LogP contribution in [-0.2, 0) is 6.54 Å². The minimum Gasteiger partial charge on any atom is -0.378 e. The normalized spacial score (nSPS) is 15.6. The fraction of sp³-hybridized carbons (Fsp3) is 0.429. The van der Waals surface area contributed by atoms with Crippen molar-refractivity contribution in [1.82, 2.24) is 5.32 Å². The quantitative estimate of drug-likeness (QED) is 0.778. The van der Waals surface area contributed by atoms with Crippen LogP contribution >= 0.6 is 0 Å². The van der Waals surface area contributed by atoms with Crippen LogP contribution in [0.2, 0.25) is 0 Å². The van der Waals surface area contributed by atoms with Gasteiger partial charge < -0.3 is 10.2 Å². The number of benzene rings is 1. The summed E-state index contributed by atoms with van der Waals surface area (Å²) in [4.78, 5) is 2.12. The Morgan fingerprint density at radius 1 is 1.12 bits per heavy atom. The van der Waals surface area contributed by atoms with Crippen LogP contribution in [0.5, 0.6) is 0 Å². The molecular formula is C14H20N2. The molecule has 1 aliphatic rings. The monoisotopic (exact) mass is 216 g/mol. The topological polar surface area (TPSA) is 15.3 Å². The van der Waals surface area contributed by atoms with E-state index in [9.17, 15) is 0 Å². The van der Waals surface area contributed by atoms with Crippen LogP contribution in [0.1, 0.15) is 18.4 Å². The second-order valence-electron chi connectivity index (χ2n) is 4.58. The van der Waals surface area contributed by atoms with Crippen molar-refractivity contribution in [3.05, 3.63) is 42.0 Å². The van der Waals surface area contributed by atoms with E-state index in [0.717, 1.165) is 6.54 Å². The second-order valence-corrected chi connectivity index (χ2v) is 4.58. The van der Waals surface area contributed by atoms with Crippen LogP contribution in [0.4, 0.5) is 5.69 Å². The average Bonchev–Trinajstić information content (AvgIpc) is 2.80. The predicted octanol–water partition coefficient (Wildman–Crippen LogP) is 2.56. The molecule has 1 aliphatic carbocycles. The van der Waals surface area contributed by atoms with E-state index in [1.54, 1.807) is 0 Å². The molecule has 0 saturated heterocycles. The second kappa shape index (κ2) is 5.17. The molecule has 0 radical (unpaired) electrons. The molecule has 0 amide bonds. The van der Waals surface area contributed by atoms with E-state index >= 15 is 0 Å². The lowest BCUT2D eigenvalue weighted by molar-refractivity contribution is 0.538. The fourth-order valence-electron chi connectivity index (χ4n) is 1.96. The Balaban J connectivity index is 1.85. The first kappa shape index (κ1) is 11.2. The molecule has 2 rings (SSSR count). The highest BCUT2D eigenvalue weighted by Crippen LogP contribution is 2.14. The summed E-state index contributed by atoms with van der Waals surface area (Å²) in [5.74, 6) is 0. The van der Waals surface area contributed by atoms with Gasteiger partial charge in [-0.1, -0.05) is 24.3 Å². The average molecular weight is 216 g/mol. The van der Waals surface area contributed by atoms with Crippen molar-refractivity contribution in [3.63, 3.8) is 0 Å². The van der Waals surface area contributed by atoms with Crippen molar-refractivity contribution in [2.75, 3.05) is 19.0 Å². The van der Waals surface area contributed by atoms with Crippen molar-refractivity contribution in [3.8, 4) is 0 Å². The van der Waals surface area contributed by atoms with Gasteiger partial charge in [0.2, 0.25) is 0 Å². The molecule has 16 heavy (non-hydrogen) atoms. The summed E-state index contributed by atoms with van der Waals surface area (Å²) in [6, 6.07) is 9.39. The van der Waals surface area contributed by atoms with E-state index in [4.69, 9.17) is 0 Å². The van der Waals surface area contributed by atoms with Gasteiger partial charge in [0.25, 0.3) is 0 Å². The first-order valence-electron chi connectivity index (χ1n) is 5.90. The number of anilines is 1. The zero-order valence-electron chi connectivity index (χ0n) is 10.1. The Labute approximate surface area is 98.0 Å². The van der Waals surface area contributed by atoms with Crippen molar-refractivity contribution in [1.29, 1.82) is 0 Å². The molecule has 1 N–H and O–H groups in total. The number of nitrogens with zero attached hydrogens (tertiary/aromatic N) is 1. The van der Waals surface area contributed by atoms with Crippen LogP contribution < -0.4 is 10.2 Å². The maximum atomic E-state index is 3.57. The number of hydrogen-bond donors (Lipinski definition) is 1. The fourth-order valence-corrected chi connectivity index (χ4v) is 1.96. The lowest BCUT2D eigenvalue weighted by Gasteiger charge is -2.14. The molecule has 0 fully saturated rings. The molecule has 0 bridgehead atoms. The van der Waals surface area contributed by atoms with Crippen LogP contribution in [0.15, 0.2) is 36.4 Å². The van der Waals surface area contributed by atoms with Crippen molar-refractivity contribution in [2.45, 2.75) is 25.4 Å². The molecule has 86 valence electrons. The third-order valence-electron chi connectivity index (χ3n) is 3.06. The summed E-state index contributed by atoms with van der Waals surface area (Å²) in [5, 5.41) is 3.57. The molecule has 2 nitrogen and oxygen atoms in total. The van der Waals surface area contributed by atoms with Gasteiger partial charge in [-0.2, -0.15) is 0 Å². The highest BCUT2D eigenvalue weighted by molar-refractivity contribution is 5.45. The zero-order chi connectivity index (χ0) is 11.4. The Bertz CT molecular complexity index is 344. The van der Waals surface area contributed by atoms with Gasteiger partial charge in [-0.3, -0.25) is 0 Å². The Morgan fingerprint density at radius 2 is 1.75 bits per heavy atom. The zero-order valence-corrected chi connectivity index (χ0v) is 10.1. The third-order valence-corrected chi connectivity index (χ3v) is 3.06. The third kappa shape index (κ3) is 2.86. The van der Waals surface area contributed by atoms with Gasteiger partial charge >= 0.3 is 0 Å². The van der Waals surface area contributed by atoms with Crippen LogP contribution in [0, 0.1) is 0 Å². The van der Waals surface area contributed by atoms with Gasteiger partial charge in [0.1, 0.15) is 0 Å². The Hall–Kier alpha value is -1.28. The minimum atomic E-state index is 0.647. The smallest absolute Gasteiger partial charge is 0.0361 e. The first-order chi connectivity index (χ1) is 7.75. The molecule has 1 aromatic rings. The molecule has 2 heteroatoms. The molecule has 1 aromatic carbocycles. The Morgan fingerprint density at radius 3 is 2.31 bits per heavy atom. The van der Waals surface area contributed by atoms with Gasteiger partial charge in [-0.25, -0.2) is 0 Å². The van der Waals surface area contributed by atoms with Crippen molar-refractivity contribution in [2.24, 2.45) is 0 Å². The van der Waals surface area contributed by atoms with Gasteiger partial charge in [0.15, 0.2) is 0 Å². The Kier molecular flexibility index (Phi) is 3.62. The summed E-state index contributed by atoms with van der Waals surface area (Å²) in [6.07, 6.45) is 6.87. The summed E-state index contributed by atoms with van der Waals surface area (Å²) >= 11 is 0. The molecule has 0 heterocycles. The summed E-state index contributed by atoms with van der Waals surface area (Å²) < 4.78 is 0. The lowest BCUT2D eigenvalue weighted by Crippen LogP contribution is -2.25. The van der Waals surface area contributed by atoms with Crippen molar-refractivity contribution >= 4 is 5.69 Å². The molecule has 0 spiro atoms. The van der Waals surface area contributed by atoms with Crippen LogP contribution in [-0.4, -0.2) is 20.1 Å². The van der Waals surface area contributed by atoms with Gasteiger partial charge in [0, 0.05) is 32.4 Å². The molecule has 0 saturated carbocycles. The van der Waals surface area contributed by atoms with E-state index in [1.807, 2.05) is 0 Å². The van der Waals surface area contributed by atoms with Gasteiger partial charge in [-0.15, -0.1) is 0 Å². The standard InChI is InChI=1S/C14H20N2/c1-16(2)14-9-7-12(8-10-14)11-15-13-5-3-4-6-13/h3-4,7-10,13,15H,5-6,11H2,1-2H3. The number of hydrogen-bond acceptors (Lipinski definition) is 2. The minimum absolute atomic E-state index is 0.647. The van der Waals surface area contributed by atoms with E-state index in [2.05, 4.69) is 60.7 Å². The largest absolute Gasteiger partial charge is 0.378 e. The van der Waals surface area contributed by atoms with Gasteiger partial charge in [-0.05, 0) is 30.5 Å². The molecule has 0 aromatic heterocycles. The molecular weight excluding hydrogens is 196 g/mol. The van der Waals surface area contributed by atoms with E-state index in [-0.39, 0.29) is 0 Å². The molecule has 0 aliphatic heterocycles. The van der Waals surface area contributed by atoms with Crippen molar-refractivity contribution < 1.29 is 0 Å². The number of rotatable bonds is 4. The number of nitrogens with one attached hydrogen (secondary N) is 1. The first-order valence-corrected chi connectivity index (χ1v) is 5.90. The lowest BCUT2D eigenvalue weighted by atomic mass is 10.1.